The molecule has 0 spiro atoms. The highest BCUT2D eigenvalue weighted by Crippen LogP contribution is 2.08. The molecule has 0 aliphatic heterocycles. The van der Waals surface area contributed by atoms with Crippen LogP contribution in [-0.4, -0.2) is 9.91 Å². The van der Waals surface area contributed by atoms with Gasteiger partial charge in [-0.1, -0.05) is 0 Å². The van der Waals surface area contributed by atoms with Crippen molar-refractivity contribution in [1.82, 2.24) is 4.98 Å². The van der Waals surface area contributed by atoms with Gasteiger partial charge in [-0.3, -0.25) is 14.9 Å². The molecule has 0 aliphatic carbocycles. The lowest BCUT2D eigenvalue weighted by atomic mass is 10.3. The number of aromatic amines is 1. The summed E-state index contributed by atoms with van der Waals surface area (Å²) in [7, 11) is 0. The third kappa shape index (κ3) is 1.47. The maximum atomic E-state index is 12.0. The number of nitrogens with zero attached hydrogens (tertiary/aromatic N) is 1. The molecule has 0 unspecified atom stereocenters. The molecular formula is C6H5FN2O3. The third-order valence-corrected chi connectivity index (χ3v) is 1.32. The number of halogens is 1. The van der Waals surface area contributed by atoms with E-state index in [2.05, 4.69) is 4.98 Å². The summed E-state index contributed by atoms with van der Waals surface area (Å²) >= 11 is 0. The molecule has 1 rings (SSSR count). The van der Waals surface area contributed by atoms with E-state index >= 15 is 0 Å². The molecule has 0 fully saturated rings. The van der Waals surface area contributed by atoms with E-state index in [1.165, 1.54) is 0 Å². The summed E-state index contributed by atoms with van der Waals surface area (Å²) in [5.41, 5.74) is -1.19. The fourth-order valence-electron chi connectivity index (χ4n) is 0.723. The fraction of sp³-hybridized carbons (Fsp3) is 0.167. The molecule has 0 saturated heterocycles. The van der Waals surface area contributed by atoms with E-state index in [0.29, 0.717) is 0 Å². The van der Waals surface area contributed by atoms with Crippen molar-refractivity contribution in [1.29, 1.82) is 0 Å². The second kappa shape index (κ2) is 3.12. The smallest absolute Gasteiger partial charge is 0.285 e. The van der Waals surface area contributed by atoms with Crippen LogP contribution in [0.5, 0.6) is 0 Å². The quantitative estimate of drug-likeness (QED) is 0.528. The van der Waals surface area contributed by atoms with Crippen molar-refractivity contribution in [3.8, 4) is 0 Å². The maximum Gasteiger partial charge on any atom is 0.285 e. The third-order valence-electron chi connectivity index (χ3n) is 1.32. The Morgan fingerprint density at radius 2 is 2.33 bits per heavy atom. The van der Waals surface area contributed by atoms with Gasteiger partial charge in [0.2, 0.25) is 0 Å². The molecule has 0 aliphatic rings. The van der Waals surface area contributed by atoms with E-state index in [9.17, 15) is 19.3 Å². The van der Waals surface area contributed by atoms with Gasteiger partial charge in [-0.25, -0.2) is 4.39 Å². The zero-order valence-corrected chi connectivity index (χ0v) is 5.91. The number of hydrogen-bond donors (Lipinski definition) is 1. The molecule has 12 heavy (non-hydrogen) atoms. The first-order chi connectivity index (χ1) is 5.65. The van der Waals surface area contributed by atoms with Crippen LogP contribution in [0.15, 0.2) is 17.1 Å². The van der Waals surface area contributed by atoms with Crippen molar-refractivity contribution < 1.29 is 9.31 Å². The summed E-state index contributed by atoms with van der Waals surface area (Å²) in [6.45, 7) is -1.00. The van der Waals surface area contributed by atoms with Crippen molar-refractivity contribution in [3.05, 3.63) is 38.3 Å². The second-order valence-corrected chi connectivity index (χ2v) is 2.10. The first-order valence-electron chi connectivity index (χ1n) is 3.07. The Balaban J connectivity index is 3.23. The average Bonchev–Trinajstić information content (AvgIpc) is 2.05. The molecule has 1 aromatic rings. The molecular weight excluding hydrogens is 167 g/mol. The molecule has 0 amide bonds. The van der Waals surface area contributed by atoms with E-state index in [4.69, 9.17) is 0 Å². The van der Waals surface area contributed by atoms with Gasteiger partial charge in [0.1, 0.15) is 6.67 Å². The predicted octanol–water partition coefficient (Wildman–Crippen LogP) is 0.753. The average molecular weight is 172 g/mol. The van der Waals surface area contributed by atoms with E-state index in [-0.39, 0.29) is 11.3 Å². The van der Waals surface area contributed by atoms with Gasteiger partial charge >= 0.3 is 0 Å². The monoisotopic (exact) mass is 172 g/mol. The first-order valence-corrected chi connectivity index (χ1v) is 3.07. The summed E-state index contributed by atoms with van der Waals surface area (Å²) in [6.07, 6.45) is 0.932. The maximum absolute atomic E-state index is 12.0. The lowest BCUT2D eigenvalue weighted by Gasteiger charge is -1.92. The summed E-state index contributed by atoms with van der Waals surface area (Å²) in [5.74, 6) is 0. The minimum Gasteiger partial charge on any atom is -0.322 e. The molecule has 1 heterocycles. The molecule has 6 heteroatoms. The molecule has 0 aromatic carbocycles. The summed E-state index contributed by atoms with van der Waals surface area (Å²) in [6, 6.07) is 0.916. The van der Waals surface area contributed by atoms with E-state index in [1.807, 2.05) is 0 Å². The van der Waals surface area contributed by atoms with Crippen LogP contribution in [0.2, 0.25) is 0 Å². The number of H-pyrrole nitrogens is 1. The molecule has 1 N–H and O–H groups in total. The van der Waals surface area contributed by atoms with E-state index in [1.54, 1.807) is 0 Å². The van der Waals surface area contributed by atoms with E-state index < -0.39 is 17.2 Å². The number of nitrogens with one attached hydrogen (secondary N) is 1. The van der Waals surface area contributed by atoms with Gasteiger partial charge < -0.3 is 4.98 Å². The van der Waals surface area contributed by atoms with Crippen LogP contribution < -0.4 is 5.56 Å². The van der Waals surface area contributed by atoms with Crippen LogP contribution in [0.4, 0.5) is 10.1 Å². The highest BCUT2D eigenvalue weighted by Gasteiger charge is 2.08. The van der Waals surface area contributed by atoms with Crippen LogP contribution in [0.1, 0.15) is 5.56 Å². The van der Waals surface area contributed by atoms with Crippen molar-refractivity contribution >= 4 is 5.69 Å². The van der Waals surface area contributed by atoms with E-state index in [0.717, 1.165) is 12.3 Å². The number of aromatic nitrogens is 1. The lowest BCUT2D eigenvalue weighted by Crippen LogP contribution is -2.11. The minimum absolute atomic E-state index is 0.232. The van der Waals surface area contributed by atoms with Crippen molar-refractivity contribution in [2.75, 3.05) is 0 Å². The highest BCUT2D eigenvalue weighted by atomic mass is 19.1. The van der Waals surface area contributed by atoms with Gasteiger partial charge in [-0.2, -0.15) is 0 Å². The zero-order chi connectivity index (χ0) is 9.14. The van der Waals surface area contributed by atoms with Crippen LogP contribution >= 0.6 is 0 Å². The van der Waals surface area contributed by atoms with Crippen LogP contribution in [-0.2, 0) is 6.67 Å². The number of rotatable bonds is 2. The Morgan fingerprint density at radius 1 is 1.67 bits per heavy atom. The normalized spacial score (nSPS) is 9.75. The van der Waals surface area contributed by atoms with Crippen LogP contribution in [0, 0.1) is 10.1 Å². The van der Waals surface area contributed by atoms with Gasteiger partial charge in [0.15, 0.2) is 0 Å². The SMILES string of the molecule is O=c1[nH]cc([N+](=O)[O-])cc1CF. The summed E-state index contributed by atoms with van der Waals surface area (Å²) in [5, 5.41) is 10.1. The van der Waals surface area contributed by atoms with Crippen molar-refractivity contribution in [2.24, 2.45) is 0 Å². The number of pyridine rings is 1. The second-order valence-electron chi connectivity index (χ2n) is 2.10. The van der Waals surface area contributed by atoms with Gasteiger partial charge in [-0.05, 0) is 0 Å². The topological polar surface area (TPSA) is 76.0 Å². The molecule has 64 valence electrons. The Hall–Kier alpha value is -1.72. The van der Waals surface area contributed by atoms with Crippen molar-refractivity contribution in [2.45, 2.75) is 6.67 Å². The zero-order valence-electron chi connectivity index (χ0n) is 5.91. The minimum atomic E-state index is -1.00. The molecule has 5 nitrogen and oxygen atoms in total. The van der Waals surface area contributed by atoms with Gasteiger partial charge in [-0.15, -0.1) is 0 Å². The lowest BCUT2D eigenvalue weighted by molar-refractivity contribution is -0.385. The molecule has 0 atom stereocenters. The molecule has 0 radical (unpaired) electrons. The number of nitro groups is 1. The standard InChI is InChI=1S/C6H5FN2O3/c7-2-4-1-5(9(11)12)3-8-6(4)10/h1,3H,2H2,(H,8,10). The molecule has 0 saturated carbocycles. The highest BCUT2D eigenvalue weighted by molar-refractivity contribution is 5.29. The Kier molecular flexibility index (Phi) is 2.18. The summed E-state index contributed by atoms with van der Waals surface area (Å²) in [4.78, 5) is 22.2. The largest absolute Gasteiger partial charge is 0.322 e. The Bertz CT molecular complexity index is 360. The van der Waals surface area contributed by atoms with Gasteiger partial charge in [0.25, 0.3) is 11.2 Å². The van der Waals surface area contributed by atoms with Crippen LogP contribution in [0.25, 0.3) is 0 Å². The number of hydrogen-bond acceptors (Lipinski definition) is 3. The van der Waals surface area contributed by atoms with Gasteiger partial charge in [0.05, 0.1) is 16.7 Å². The Labute approximate surface area is 66.0 Å². The molecule has 1 aromatic heterocycles. The predicted molar refractivity (Wildman–Crippen MR) is 38.5 cm³/mol. The number of alkyl halides is 1. The summed E-state index contributed by atoms with van der Waals surface area (Å²) < 4.78 is 12.0. The first kappa shape index (κ1) is 8.38. The van der Waals surface area contributed by atoms with Gasteiger partial charge in [0, 0.05) is 6.07 Å². The molecule has 0 bridgehead atoms. The van der Waals surface area contributed by atoms with Crippen LogP contribution in [0.3, 0.4) is 0 Å². The fourth-order valence-corrected chi connectivity index (χ4v) is 0.723. The Morgan fingerprint density at radius 3 is 2.83 bits per heavy atom. The van der Waals surface area contributed by atoms with Crippen molar-refractivity contribution in [3.63, 3.8) is 0 Å².